The van der Waals surface area contributed by atoms with Crippen LogP contribution in [0.3, 0.4) is 0 Å². The zero-order valence-electron chi connectivity index (χ0n) is 9.96. The summed E-state index contributed by atoms with van der Waals surface area (Å²) in [6.45, 7) is 3.92. The summed E-state index contributed by atoms with van der Waals surface area (Å²) >= 11 is 6.27. The number of rotatable bonds is 5. The molecule has 2 rings (SSSR count). The van der Waals surface area contributed by atoms with Gasteiger partial charge in [-0.25, -0.2) is 0 Å². The smallest absolute Gasteiger partial charge is 0.0471 e. The first-order valence-corrected chi connectivity index (χ1v) is 6.32. The van der Waals surface area contributed by atoms with Crippen LogP contribution >= 0.6 is 11.6 Å². The van der Waals surface area contributed by atoms with E-state index in [0.29, 0.717) is 0 Å². The van der Waals surface area contributed by atoms with Crippen LogP contribution in [0.15, 0.2) is 18.2 Å². The lowest BCUT2D eigenvalue weighted by molar-refractivity contribution is 0.727. The van der Waals surface area contributed by atoms with Crippen LogP contribution in [-0.4, -0.2) is 19.6 Å². The second kappa shape index (κ2) is 5.07. The minimum absolute atomic E-state index is 0.732. The van der Waals surface area contributed by atoms with E-state index in [-0.39, 0.29) is 0 Å². The molecule has 0 heterocycles. The molecule has 0 radical (unpaired) electrons. The van der Waals surface area contributed by atoms with E-state index in [1.54, 1.807) is 0 Å². The molecule has 1 aliphatic rings. The van der Waals surface area contributed by atoms with E-state index in [2.05, 4.69) is 42.4 Å². The van der Waals surface area contributed by atoms with E-state index in [9.17, 15) is 0 Å². The van der Waals surface area contributed by atoms with Gasteiger partial charge >= 0.3 is 0 Å². The average Bonchev–Trinajstić information content (AvgIpc) is 3.10. The van der Waals surface area contributed by atoms with E-state index < -0.39 is 0 Å². The van der Waals surface area contributed by atoms with E-state index >= 15 is 0 Å². The Hall–Kier alpha value is -0.730. The second-order valence-corrected chi connectivity index (χ2v) is 4.81. The van der Waals surface area contributed by atoms with Crippen LogP contribution in [0.1, 0.15) is 25.3 Å². The zero-order chi connectivity index (χ0) is 11.5. The van der Waals surface area contributed by atoms with Gasteiger partial charge in [0.05, 0.1) is 0 Å². The molecule has 0 atom stereocenters. The number of hydrogen-bond donors (Lipinski definition) is 1. The summed E-state index contributed by atoms with van der Waals surface area (Å²) in [5.74, 6) is 0. The van der Waals surface area contributed by atoms with E-state index in [1.165, 1.54) is 24.1 Å². The molecule has 0 unspecified atom stereocenters. The summed E-state index contributed by atoms with van der Waals surface area (Å²) < 4.78 is 0. The van der Waals surface area contributed by atoms with E-state index in [0.717, 1.165) is 24.2 Å². The van der Waals surface area contributed by atoms with Crippen molar-refractivity contribution in [3.05, 3.63) is 28.8 Å². The maximum atomic E-state index is 6.27. The molecular weight excluding hydrogens is 220 g/mol. The van der Waals surface area contributed by atoms with Gasteiger partial charge < -0.3 is 10.2 Å². The number of hydrogen-bond acceptors (Lipinski definition) is 2. The summed E-state index contributed by atoms with van der Waals surface area (Å²) in [5, 5.41) is 4.16. The summed E-state index contributed by atoms with van der Waals surface area (Å²) in [4.78, 5) is 2.32. The van der Waals surface area contributed by atoms with Crippen molar-refractivity contribution in [1.82, 2.24) is 5.32 Å². The van der Waals surface area contributed by atoms with Gasteiger partial charge in [-0.15, -0.1) is 0 Å². The summed E-state index contributed by atoms with van der Waals surface area (Å²) in [5.41, 5.74) is 2.41. The number of nitrogens with one attached hydrogen (secondary N) is 1. The molecule has 2 nitrogen and oxygen atoms in total. The van der Waals surface area contributed by atoms with Gasteiger partial charge in [-0.1, -0.05) is 24.6 Å². The largest absolute Gasteiger partial charge is 0.372 e. The van der Waals surface area contributed by atoms with Crippen molar-refractivity contribution >= 4 is 17.3 Å². The van der Waals surface area contributed by atoms with Crippen molar-refractivity contribution < 1.29 is 0 Å². The Morgan fingerprint density at radius 1 is 1.44 bits per heavy atom. The molecule has 16 heavy (non-hydrogen) atoms. The molecule has 1 N–H and O–H groups in total. The molecule has 88 valence electrons. The van der Waals surface area contributed by atoms with Gasteiger partial charge in [0.1, 0.15) is 0 Å². The molecule has 1 saturated carbocycles. The molecule has 0 aliphatic heterocycles. The molecule has 0 bridgehead atoms. The maximum Gasteiger partial charge on any atom is 0.0471 e. The quantitative estimate of drug-likeness (QED) is 0.848. The molecule has 1 fully saturated rings. The third-order valence-corrected chi connectivity index (χ3v) is 3.46. The first kappa shape index (κ1) is 11.7. The Morgan fingerprint density at radius 2 is 2.19 bits per heavy atom. The Morgan fingerprint density at radius 3 is 2.75 bits per heavy atom. The van der Waals surface area contributed by atoms with Crippen molar-refractivity contribution in [3.63, 3.8) is 0 Å². The monoisotopic (exact) mass is 238 g/mol. The number of halogens is 1. The molecule has 1 aliphatic carbocycles. The number of benzene rings is 1. The third kappa shape index (κ3) is 2.69. The van der Waals surface area contributed by atoms with Crippen LogP contribution < -0.4 is 10.2 Å². The topological polar surface area (TPSA) is 15.3 Å². The van der Waals surface area contributed by atoms with Crippen LogP contribution in [0.2, 0.25) is 5.02 Å². The van der Waals surface area contributed by atoms with Crippen molar-refractivity contribution in [1.29, 1.82) is 0 Å². The Labute approximate surface area is 103 Å². The number of anilines is 1. The molecule has 3 heteroatoms. The Balaban J connectivity index is 2.08. The van der Waals surface area contributed by atoms with Gasteiger partial charge in [-0.05, 0) is 37.1 Å². The minimum atomic E-state index is 0.732. The zero-order valence-corrected chi connectivity index (χ0v) is 10.7. The van der Waals surface area contributed by atoms with Gasteiger partial charge in [0.25, 0.3) is 0 Å². The average molecular weight is 239 g/mol. The summed E-state index contributed by atoms with van der Waals surface area (Å²) in [6, 6.07) is 7.10. The fourth-order valence-electron chi connectivity index (χ4n) is 1.83. The Kier molecular flexibility index (Phi) is 3.72. The van der Waals surface area contributed by atoms with Crippen LogP contribution in [-0.2, 0) is 6.54 Å². The first-order chi connectivity index (χ1) is 7.72. The molecule has 0 saturated heterocycles. The van der Waals surface area contributed by atoms with Crippen molar-refractivity contribution in [3.8, 4) is 0 Å². The van der Waals surface area contributed by atoms with Gasteiger partial charge in [-0.2, -0.15) is 0 Å². The molecular formula is C13H19ClN2. The second-order valence-electron chi connectivity index (χ2n) is 4.40. The third-order valence-electron chi connectivity index (χ3n) is 3.10. The summed E-state index contributed by atoms with van der Waals surface area (Å²) in [6.07, 6.45) is 2.63. The highest BCUT2D eigenvalue weighted by Gasteiger charge is 2.26. The van der Waals surface area contributed by atoms with Gasteiger partial charge in [-0.3, -0.25) is 0 Å². The molecule has 1 aromatic carbocycles. The van der Waals surface area contributed by atoms with E-state index in [4.69, 9.17) is 11.6 Å². The van der Waals surface area contributed by atoms with Crippen molar-refractivity contribution in [2.45, 2.75) is 32.4 Å². The van der Waals surface area contributed by atoms with Crippen LogP contribution in [0.25, 0.3) is 0 Å². The molecule has 0 spiro atoms. The minimum Gasteiger partial charge on any atom is -0.372 e. The maximum absolute atomic E-state index is 6.27. The van der Waals surface area contributed by atoms with Crippen LogP contribution in [0, 0.1) is 0 Å². The lowest BCUT2D eigenvalue weighted by Crippen LogP contribution is -2.19. The van der Waals surface area contributed by atoms with Crippen molar-refractivity contribution in [2.24, 2.45) is 0 Å². The normalized spacial score (nSPS) is 15.2. The highest BCUT2D eigenvalue weighted by molar-refractivity contribution is 6.31. The van der Waals surface area contributed by atoms with E-state index in [1.807, 2.05) is 0 Å². The van der Waals surface area contributed by atoms with Gasteiger partial charge in [0, 0.05) is 30.3 Å². The highest BCUT2D eigenvalue weighted by atomic mass is 35.5. The lowest BCUT2D eigenvalue weighted by atomic mass is 10.2. The van der Waals surface area contributed by atoms with Crippen LogP contribution in [0.5, 0.6) is 0 Å². The van der Waals surface area contributed by atoms with Gasteiger partial charge in [0.2, 0.25) is 0 Å². The Bertz CT molecular complexity index is 361. The molecule has 0 aromatic heterocycles. The predicted octanol–water partition coefficient (Wildman–Crippen LogP) is 3.05. The SMILES string of the molecule is CCNCc1ccc(N(C)C2CC2)cc1Cl. The first-order valence-electron chi connectivity index (χ1n) is 5.94. The molecule has 0 amide bonds. The van der Waals surface area contributed by atoms with Gasteiger partial charge in [0.15, 0.2) is 0 Å². The fraction of sp³-hybridized carbons (Fsp3) is 0.538. The molecule has 1 aromatic rings. The summed E-state index contributed by atoms with van der Waals surface area (Å²) in [7, 11) is 2.15. The van der Waals surface area contributed by atoms with Crippen molar-refractivity contribution in [2.75, 3.05) is 18.5 Å². The standard InChI is InChI=1S/C13H19ClN2/c1-3-15-9-10-4-5-12(8-13(10)14)16(2)11-6-7-11/h4-5,8,11,15H,3,6-7,9H2,1-2H3. The fourth-order valence-corrected chi connectivity index (χ4v) is 2.07. The number of nitrogens with zero attached hydrogens (tertiary/aromatic N) is 1. The predicted molar refractivity (Wildman–Crippen MR) is 70.3 cm³/mol. The lowest BCUT2D eigenvalue weighted by Gasteiger charge is -2.19. The highest BCUT2D eigenvalue weighted by Crippen LogP contribution is 2.32. The van der Waals surface area contributed by atoms with Crippen LogP contribution in [0.4, 0.5) is 5.69 Å².